The Hall–Kier alpha value is -0.540. The van der Waals surface area contributed by atoms with Gasteiger partial charge in [-0.15, -0.1) is 0 Å². The number of benzene rings is 1. The molecule has 0 spiro atoms. The van der Waals surface area contributed by atoms with Gasteiger partial charge in [0.25, 0.3) is 0 Å². The first-order valence-electron chi connectivity index (χ1n) is 4.28. The minimum atomic E-state index is -0.0862. The molecule has 0 amide bonds. The fourth-order valence-corrected chi connectivity index (χ4v) is 1.86. The molecule has 0 radical (unpaired) electrons. The molecule has 1 aliphatic rings. The van der Waals surface area contributed by atoms with Gasteiger partial charge in [-0.25, -0.2) is 0 Å². The highest BCUT2D eigenvalue weighted by molar-refractivity contribution is 9.10. The van der Waals surface area contributed by atoms with Crippen molar-refractivity contribution in [2.24, 2.45) is 5.73 Å². The minimum Gasteiger partial charge on any atom is -0.497 e. The molecule has 1 saturated carbocycles. The van der Waals surface area contributed by atoms with Crippen LogP contribution in [-0.2, 0) is 5.54 Å². The molecule has 13 heavy (non-hydrogen) atoms. The number of hydrogen-bond donors (Lipinski definition) is 1. The van der Waals surface area contributed by atoms with Gasteiger partial charge in [-0.3, -0.25) is 0 Å². The number of halogens is 1. The standard InChI is InChI=1S/C10H12BrNO/c1-13-9-5-7(4-8(11)6-9)10(12)2-3-10/h4-6H,2-3,12H2,1H3. The van der Waals surface area contributed by atoms with Crippen molar-refractivity contribution in [3.63, 3.8) is 0 Å². The summed E-state index contributed by atoms with van der Waals surface area (Å²) in [7, 11) is 1.67. The van der Waals surface area contributed by atoms with Crippen LogP contribution < -0.4 is 10.5 Å². The number of ether oxygens (including phenoxy) is 1. The Bertz CT molecular complexity index is 334. The van der Waals surface area contributed by atoms with E-state index in [0.29, 0.717) is 0 Å². The molecule has 0 aromatic heterocycles. The molecule has 0 atom stereocenters. The van der Waals surface area contributed by atoms with Crippen LogP contribution in [0.1, 0.15) is 18.4 Å². The lowest BCUT2D eigenvalue weighted by Gasteiger charge is -2.11. The first-order chi connectivity index (χ1) is 6.14. The summed E-state index contributed by atoms with van der Waals surface area (Å²) < 4.78 is 6.20. The molecule has 0 bridgehead atoms. The molecule has 0 heterocycles. The highest BCUT2D eigenvalue weighted by Crippen LogP contribution is 2.44. The van der Waals surface area contributed by atoms with Crippen LogP contribution in [-0.4, -0.2) is 7.11 Å². The molecular weight excluding hydrogens is 230 g/mol. The zero-order valence-electron chi connectivity index (χ0n) is 7.51. The van der Waals surface area contributed by atoms with E-state index in [-0.39, 0.29) is 5.54 Å². The van der Waals surface area contributed by atoms with E-state index >= 15 is 0 Å². The molecule has 0 saturated heterocycles. The van der Waals surface area contributed by atoms with Gasteiger partial charge in [0.1, 0.15) is 5.75 Å². The van der Waals surface area contributed by atoms with Crippen molar-refractivity contribution in [1.29, 1.82) is 0 Å². The van der Waals surface area contributed by atoms with Crippen molar-refractivity contribution in [2.45, 2.75) is 18.4 Å². The fraction of sp³-hybridized carbons (Fsp3) is 0.400. The van der Waals surface area contributed by atoms with Gasteiger partial charge in [-0.2, -0.15) is 0 Å². The van der Waals surface area contributed by atoms with Crippen molar-refractivity contribution in [2.75, 3.05) is 7.11 Å². The molecule has 1 fully saturated rings. The Kier molecular flexibility index (Phi) is 2.08. The predicted octanol–water partition coefficient (Wildman–Crippen LogP) is 2.41. The quantitative estimate of drug-likeness (QED) is 0.864. The molecule has 1 aromatic carbocycles. The lowest BCUT2D eigenvalue weighted by Crippen LogP contribution is -2.18. The Morgan fingerprint density at radius 2 is 2.08 bits per heavy atom. The van der Waals surface area contributed by atoms with E-state index in [9.17, 15) is 0 Å². The Morgan fingerprint density at radius 1 is 1.38 bits per heavy atom. The SMILES string of the molecule is COc1cc(Br)cc(C2(N)CC2)c1. The summed E-state index contributed by atoms with van der Waals surface area (Å²) in [5.41, 5.74) is 7.16. The second-order valence-corrected chi connectivity index (χ2v) is 4.45. The van der Waals surface area contributed by atoms with Crippen LogP contribution in [0.15, 0.2) is 22.7 Å². The van der Waals surface area contributed by atoms with Gasteiger partial charge in [0.2, 0.25) is 0 Å². The Labute approximate surface area is 86.2 Å². The average molecular weight is 242 g/mol. The van der Waals surface area contributed by atoms with Crippen LogP contribution in [0, 0.1) is 0 Å². The van der Waals surface area contributed by atoms with E-state index in [0.717, 1.165) is 23.1 Å². The maximum absolute atomic E-state index is 6.08. The summed E-state index contributed by atoms with van der Waals surface area (Å²) >= 11 is 3.44. The fourth-order valence-electron chi connectivity index (χ4n) is 1.39. The number of nitrogens with two attached hydrogens (primary N) is 1. The second kappa shape index (κ2) is 3.00. The van der Waals surface area contributed by atoms with Crippen LogP contribution in [0.4, 0.5) is 0 Å². The van der Waals surface area contributed by atoms with Crippen molar-refractivity contribution in [1.82, 2.24) is 0 Å². The number of rotatable bonds is 2. The van der Waals surface area contributed by atoms with Crippen molar-refractivity contribution >= 4 is 15.9 Å². The topological polar surface area (TPSA) is 35.2 Å². The van der Waals surface area contributed by atoms with Crippen LogP contribution in [0.25, 0.3) is 0 Å². The number of hydrogen-bond acceptors (Lipinski definition) is 2. The van der Waals surface area contributed by atoms with Crippen LogP contribution >= 0.6 is 15.9 Å². The summed E-state index contributed by atoms with van der Waals surface area (Å²) in [6, 6.07) is 6.02. The lowest BCUT2D eigenvalue weighted by atomic mass is 10.1. The summed E-state index contributed by atoms with van der Waals surface area (Å²) in [5.74, 6) is 0.862. The molecule has 70 valence electrons. The van der Waals surface area contributed by atoms with Crippen LogP contribution in [0.2, 0.25) is 0 Å². The van der Waals surface area contributed by atoms with Gasteiger partial charge in [0.15, 0.2) is 0 Å². The van der Waals surface area contributed by atoms with Gasteiger partial charge in [0, 0.05) is 10.0 Å². The Balaban J connectivity index is 2.40. The van der Waals surface area contributed by atoms with Crippen molar-refractivity contribution in [3.05, 3.63) is 28.2 Å². The van der Waals surface area contributed by atoms with E-state index in [2.05, 4.69) is 22.0 Å². The third-order valence-corrected chi connectivity index (χ3v) is 2.93. The molecule has 0 aliphatic heterocycles. The predicted molar refractivity (Wildman–Crippen MR) is 55.8 cm³/mol. The lowest BCUT2D eigenvalue weighted by molar-refractivity contribution is 0.413. The van der Waals surface area contributed by atoms with E-state index in [1.54, 1.807) is 7.11 Å². The monoisotopic (exact) mass is 241 g/mol. The Morgan fingerprint density at radius 3 is 2.62 bits per heavy atom. The summed E-state index contributed by atoms with van der Waals surface area (Å²) in [5, 5.41) is 0. The van der Waals surface area contributed by atoms with Gasteiger partial charge in [0.05, 0.1) is 7.11 Å². The van der Waals surface area contributed by atoms with Gasteiger partial charge in [-0.1, -0.05) is 15.9 Å². The zero-order valence-corrected chi connectivity index (χ0v) is 9.10. The highest BCUT2D eigenvalue weighted by Gasteiger charge is 2.40. The first kappa shape index (κ1) is 9.03. The summed E-state index contributed by atoms with van der Waals surface area (Å²) in [4.78, 5) is 0. The van der Waals surface area contributed by atoms with Crippen molar-refractivity contribution < 1.29 is 4.74 Å². The molecule has 2 rings (SSSR count). The maximum atomic E-state index is 6.08. The first-order valence-corrected chi connectivity index (χ1v) is 5.07. The normalized spacial score (nSPS) is 18.4. The van der Waals surface area contributed by atoms with Gasteiger partial charge < -0.3 is 10.5 Å². The molecular formula is C10H12BrNO. The molecule has 3 heteroatoms. The minimum absolute atomic E-state index is 0.0862. The van der Waals surface area contributed by atoms with Crippen LogP contribution in [0.3, 0.4) is 0 Å². The highest BCUT2D eigenvalue weighted by atomic mass is 79.9. The molecule has 2 nitrogen and oxygen atoms in total. The maximum Gasteiger partial charge on any atom is 0.120 e. The van der Waals surface area contributed by atoms with Gasteiger partial charge >= 0.3 is 0 Å². The largest absolute Gasteiger partial charge is 0.497 e. The molecule has 1 aromatic rings. The third kappa shape index (κ3) is 1.71. The van der Waals surface area contributed by atoms with Gasteiger partial charge in [-0.05, 0) is 36.6 Å². The average Bonchev–Trinajstić information content (AvgIpc) is 2.84. The zero-order chi connectivity index (χ0) is 9.47. The summed E-state index contributed by atoms with van der Waals surface area (Å²) in [6.07, 6.45) is 2.15. The summed E-state index contributed by atoms with van der Waals surface area (Å²) in [6.45, 7) is 0. The third-order valence-electron chi connectivity index (χ3n) is 2.47. The second-order valence-electron chi connectivity index (χ2n) is 3.54. The van der Waals surface area contributed by atoms with E-state index in [4.69, 9.17) is 10.5 Å². The van der Waals surface area contributed by atoms with Crippen LogP contribution in [0.5, 0.6) is 5.75 Å². The molecule has 1 aliphatic carbocycles. The smallest absolute Gasteiger partial charge is 0.120 e. The van der Waals surface area contributed by atoms with E-state index in [1.165, 1.54) is 5.56 Å². The molecule has 2 N–H and O–H groups in total. The molecule has 0 unspecified atom stereocenters. The van der Waals surface area contributed by atoms with Crippen molar-refractivity contribution in [3.8, 4) is 5.75 Å². The number of methoxy groups -OCH3 is 1. The van der Waals surface area contributed by atoms with E-state index in [1.807, 2.05) is 12.1 Å². The van der Waals surface area contributed by atoms with E-state index < -0.39 is 0 Å².